The Balaban J connectivity index is 1.87. The molecule has 0 spiro atoms. The number of carbonyl (C=O) groups is 1. The minimum atomic E-state index is -4.19. The Kier molecular flexibility index (Phi) is 8.92. The third kappa shape index (κ3) is 6.95. The van der Waals surface area contributed by atoms with Crippen LogP contribution in [0.5, 0.6) is 0 Å². The molecule has 0 saturated carbocycles. The van der Waals surface area contributed by atoms with Crippen LogP contribution < -0.4 is 10.0 Å². The number of carbonyl (C=O) groups excluding carboxylic acids is 1. The summed E-state index contributed by atoms with van der Waals surface area (Å²) in [6.45, 7) is 12.3. The van der Waals surface area contributed by atoms with Crippen LogP contribution >= 0.6 is 0 Å². The van der Waals surface area contributed by atoms with Gasteiger partial charge in [0.15, 0.2) is 0 Å². The lowest BCUT2D eigenvalue weighted by molar-refractivity contribution is 0.255. The van der Waals surface area contributed by atoms with Gasteiger partial charge in [0.2, 0.25) is 0 Å². The van der Waals surface area contributed by atoms with E-state index in [1.807, 2.05) is 96.3 Å². The maximum absolute atomic E-state index is 13.4. The van der Waals surface area contributed by atoms with Crippen molar-refractivity contribution in [1.82, 2.24) is 18.8 Å². The standard InChI is InChI=1S/C27H37N5O3S/c1-19(2)24-13-10-14-25(20(3)4)26(24)28-27(33)30-36(34,35)31(17-22-11-8-7-9-12-22)18-23-15-16-32(29-23)21(5)6/h7-16,19-21H,17-18H2,1-6H3,(H2,28,30,33). The van der Waals surface area contributed by atoms with Gasteiger partial charge >= 0.3 is 16.2 Å². The second kappa shape index (κ2) is 11.7. The molecule has 2 N–H and O–H groups in total. The van der Waals surface area contributed by atoms with Crippen molar-refractivity contribution in [3.05, 3.63) is 83.2 Å². The Labute approximate surface area is 214 Å². The Morgan fingerprint density at radius 3 is 2.03 bits per heavy atom. The van der Waals surface area contributed by atoms with Gasteiger partial charge in [-0.15, -0.1) is 0 Å². The fourth-order valence-corrected chi connectivity index (χ4v) is 4.99. The van der Waals surface area contributed by atoms with Crippen LogP contribution in [-0.4, -0.2) is 28.5 Å². The van der Waals surface area contributed by atoms with Gasteiger partial charge in [-0.05, 0) is 48.4 Å². The third-order valence-corrected chi connectivity index (χ3v) is 7.29. The minimum Gasteiger partial charge on any atom is -0.307 e. The number of hydrogen-bond acceptors (Lipinski definition) is 4. The van der Waals surface area contributed by atoms with Crippen LogP contribution in [0.15, 0.2) is 60.8 Å². The van der Waals surface area contributed by atoms with Crippen LogP contribution in [0, 0.1) is 0 Å². The van der Waals surface area contributed by atoms with Crippen molar-refractivity contribution in [3.8, 4) is 0 Å². The molecule has 2 aromatic carbocycles. The molecule has 0 fully saturated rings. The Hall–Kier alpha value is -3.17. The largest absolute Gasteiger partial charge is 0.333 e. The van der Waals surface area contributed by atoms with Crippen LogP contribution in [0.25, 0.3) is 0 Å². The molecule has 9 heteroatoms. The van der Waals surface area contributed by atoms with E-state index in [-0.39, 0.29) is 31.0 Å². The van der Waals surface area contributed by atoms with E-state index in [0.29, 0.717) is 11.4 Å². The highest BCUT2D eigenvalue weighted by atomic mass is 32.2. The number of nitrogens with zero attached hydrogens (tertiary/aromatic N) is 3. The highest BCUT2D eigenvalue weighted by molar-refractivity contribution is 7.87. The van der Waals surface area contributed by atoms with Crippen molar-refractivity contribution in [1.29, 1.82) is 0 Å². The summed E-state index contributed by atoms with van der Waals surface area (Å²) in [5.74, 6) is 0.308. The smallest absolute Gasteiger partial charge is 0.307 e. The Morgan fingerprint density at radius 2 is 1.50 bits per heavy atom. The summed E-state index contributed by atoms with van der Waals surface area (Å²) < 4.78 is 32.1. The fourth-order valence-electron chi connectivity index (χ4n) is 3.96. The zero-order chi connectivity index (χ0) is 26.5. The quantitative estimate of drug-likeness (QED) is 0.361. The maximum Gasteiger partial charge on any atom is 0.333 e. The number of anilines is 1. The molecule has 36 heavy (non-hydrogen) atoms. The van der Waals surface area contributed by atoms with E-state index in [2.05, 4.69) is 15.1 Å². The first-order valence-electron chi connectivity index (χ1n) is 12.3. The van der Waals surface area contributed by atoms with E-state index in [1.54, 1.807) is 10.7 Å². The SMILES string of the molecule is CC(C)c1cccc(C(C)C)c1NC(=O)NS(=O)(=O)N(Cc1ccccc1)Cc1ccn(C(C)C)n1. The highest BCUT2D eigenvalue weighted by Crippen LogP contribution is 2.32. The molecule has 0 bridgehead atoms. The molecule has 0 radical (unpaired) electrons. The summed E-state index contributed by atoms with van der Waals surface area (Å²) >= 11 is 0. The second-order valence-corrected chi connectivity index (χ2v) is 11.5. The van der Waals surface area contributed by atoms with Crippen LogP contribution in [0.2, 0.25) is 0 Å². The molecule has 0 saturated heterocycles. The third-order valence-electron chi connectivity index (χ3n) is 5.91. The fraction of sp³-hybridized carbons (Fsp3) is 0.407. The van der Waals surface area contributed by atoms with Crippen molar-refractivity contribution in [3.63, 3.8) is 0 Å². The minimum absolute atomic E-state index is 0.0249. The van der Waals surface area contributed by atoms with Crippen molar-refractivity contribution in [2.75, 3.05) is 5.32 Å². The summed E-state index contributed by atoms with van der Waals surface area (Å²) in [5, 5.41) is 7.32. The average Bonchev–Trinajstić information content (AvgIpc) is 3.28. The molecular weight excluding hydrogens is 474 g/mol. The van der Waals surface area contributed by atoms with E-state index in [9.17, 15) is 13.2 Å². The number of urea groups is 1. The second-order valence-electron chi connectivity index (χ2n) is 9.82. The van der Waals surface area contributed by atoms with Crippen molar-refractivity contribution in [2.45, 2.75) is 72.5 Å². The molecule has 3 aromatic rings. The van der Waals surface area contributed by atoms with Crippen molar-refractivity contribution < 1.29 is 13.2 Å². The molecule has 1 aromatic heterocycles. The molecule has 0 aliphatic carbocycles. The Morgan fingerprint density at radius 1 is 0.889 bits per heavy atom. The first-order chi connectivity index (χ1) is 17.0. The zero-order valence-corrected chi connectivity index (χ0v) is 22.7. The highest BCUT2D eigenvalue weighted by Gasteiger charge is 2.27. The van der Waals surface area contributed by atoms with E-state index in [1.165, 1.54) is 4.31 Å². The Bertz CT molecular complexity index is 1240. The van der Waals surface area contributed by atoms with Gasteiger partial charge in [0, 0.05) is 24.5 Å². The van der Waals surface area contributed by atoms with Gasteiger partial charge in [0.1, 0.15) is 0 Å². The van der Waals surface area contributed by atoms with Gasteiger partial charge in [-0.3, -0.25) is 4.68 Å². The molecule has 8 nitrogen and oxygen atoms in total. The van der Waals surface area contributed by atoms with E-state index in [4.69, 9.17) is 0 Å². The summed E-state index contributed by atoms with van der Waals surface area (Å²) in [4.78, 5) is 13.0. The molecular formula is C27H37N5O3S. The normalized spacial score (nSPS) is 12.1. The van der Waals surface area contributed by atoms with Crippen LogP contribution in [0.3, 0.4) is 0 Å². The predicted octanol–water partition coefficient (Wildman–Crippen LogP) is 5.78. The summed E-state index contributed by atoms with van der Waals surface area (Å²) in [5.41, 5.74) is 3.96. The topological polar surface area (TPSA) is 96.3 Å². The maximum atomic E-state index is 13.4. The molecule has 1 heterocycles. The monoisotopic (exact) mass is 511 g/mol. The number of rotatable bonds is 10. The predicted molar refractivity (Wildman–Crippen MR) is 144 cm³/mol. The molecule has 0 atom stereocenters. The molecule has 194 valence electrons. The first-order valence-corrected chi connectivity index (χ1v) is 13.7. The number of nitrogens with one attached hydrogen (secondary N) is 2. The van der Waals surface area contributed by atoms with E-state index in [0.717, 1.165) is 16.7 Å². The molecule has 0 unspecified atom stereocenters. The number of benzene rings is 2. The summed E-state index contributed by atoms with van der Waals surface area (Å²) in [7, 11) is -4.19. The number of hydrogen-bond donors (Lipinski definition) is 2. The molecule has 3 rings (SSSR count). The van der Waals surface area contributed by atoms with Crippen molar-refractivity contribution in [2.24, 2.45) is 0 Å². The number of para-hydroxylation sites is 1. The van der Waals surface area contributed by atoms with Gasteiger partial charge in [0.25, 0.3) is 0 Å². The van der Waals surface area contributed by atoms with Gasteiger partial charge in [-0.2, -0.15) is 17.8 Å². The zero-order valence-electron chi connectivity index (χ0n) is 21.9. The lowest BCUT2D eigenvalue weighted by atomic mass is 9.93. The van der Waals surface area contributed by atoms with E-state index < -0.39 is 16.2 Å². The molecule has 0 aliphatic heterocycles. The van der Waals surface area contributed by atoms with Gasteiger partial charge in [-0.25, -0.2) is 9.52 Å². The van der Waals surface area contributed by atoms with E-state index >= 15 is 0 Å². The lowest BCUT2D eigenvalue weighted by Crippen LogP contribution is -2.44. The van der Waals surface area contributed by atoms with Gasteiger partial charge in [0.05, 0.1) is 12.2 Å². The van der Waals surface area contributed by atoms with Gasteiger partial charge < -0.3 is 5.32 Å². The van der Waals surface area contributed by atoms with Crippen LogP contribution in [-0.2, 0) is 23.3 Å². The summed E-state index contributed by atoms with van der Waals surface area (Å²) in [6, 6.07) is 16.3. The molecule has 2 amide bonds. The van der Waals surface area contributed by atoms with Gasteiger partial charge in [-0.1, -0.05) is 76.2 Å². The number of aromatic nitrogens is 2. The lowest BCUT2D eigenvalue weighted by Gasteiger charge is -2.23. The summed E-state index contributed by atoms with van der Waals surface area (Å²) in [6.07, 6.45) is 1.82. The first kappa shape index (κ1) is 27.4. The van der Waals surface area contributed by atoms with Crippen molar-refractivity contribution >= 4 is 21.9 Å². The average molecular weight is 512 g/mol. The molecule has 0 aliphatic rings. The number of amides is 2. The van der Waals surface area contributed by atoms with Crippen LogP contribution in [0.4, 0.5) is 10.5 Å². The van der Waals surface area contributed by atoms with Crippen LogP contribution in [0.1, 0.15) is 81.8 Å².